The molecule has 2 aliphatic heterocycles. The van der Waals surface area contributed by atoms with E-state index in [0.29, 0.717) is 24.1 Å². The van der Waals surface area contributed by atoms with Crippen molar-refractivity contribution in [2.45, 2.75) is 12.2 Å². The first-order valence-electron chi connectivity index (χ1n) is 7.97. The van der Waals surface area contributed by atoms with Crippen LogP contribution in [0.5, 0.6) is 0 Å². The fourth-order valence-electron chi connectivity index (χ4n) is 2.79. The Kier molecular flexibility index (Phi) is 5.38. The molecule has 0 radical (unpaired) electrons. The van der Waals surface area contributed by atoms with Crippen LogP contribution in [0.15, 0.2) is 34.4 Å². The molecule has 1 aromatic carbocycles. The van der Waals surface area contributed by atoms with Gasteiger partial charge < -0.3 is 14.5 Å². The molecule has 2 aliphatic rings. The van der Waals surface area contributed by atoms with Crippen LogP contribution < -0.4 is 10.7 Å². The van der Waals surface area contributed by atoms with Gasteiger partial charge in [-0.25, -0.2) is 15.2 Å². The van der Waals surface area contributed by atoms with Gasteiger partial charge in [0.2, 0.25) is 5.96 Å². The monoisotopic (exact) mass is 378 g/mol. The van der Waals surface area contributed by atoms with Crippen LogP contribution in [0.2, 0.25) is 5.02 Å². The minimum Gasteiger partial charge on any atom is -0.383 e. The van der Waals surface area contributed by atoms with Gasteiger partial charge in [-0.1, -0.05) is 29.8 Å². The summed E-state index contributed by atoms with van der Waals surface area (Å²) in [6, 6.07) is 6.16. The molecule has 0 aliphatic carbocycles. The van der Waals surface area contributed by atoms with E-state index in [0.717, 1.165) is 5.56 Å². The zero-order chi connectivity index (χ0) is 18.7. The summed E-state index contributed by atoms with van der Waals surface area (Å²) in [7, 11) is 3.16. The number of hydrazone groups is 1. The zero-order valence-corrected chi connectivity index (χ0v) is 15.1. The Balaban J connectivity index is 1.80. The van der Waals surface area contributed by atoms with Gasteiger partial charge in [0.15, 0.2) is 12.2 Å². The minimum atomic E-state index is -0.633. The maximum absolute atomic E-state index is 12.3. The number of methoxy groups -OCH3 is 1. The average molecular weight is 379 g/mol. The van der Waals surface area contributed by atoms with Crippen LogP contribution in [0.1, 0.15) is 5.56 Å². The van der Waals surface area contributed by atoms with E-state index in [-0.39, 0.29) is 0 Å². The zero-order valence-electron chi connectivity index (χ0n) is 14.3. The number of rotatable bonds is 5. The number of carbonyl (C=O) groups is 2. The van der Waals surface area contributed by atoms with E-state index in [9.17, 15) is 9.59 Å². The third-order valence-corrected chi connectivity index (χ3v) is 4.51. The molecule has 9 nitrogen and oxygen atoms in total. The van der Waals surface area contributed by atoms with E-state index in [1.54, 1.807) is 31.3 Å². The smallest absolute Gasteiger partial charge is 0.325 e. The van der Waals surface area contributed by atoms with E-state index >= 15 is 0 Å². The lowest BCUT2D eigenvalue weighted by molar-refractivity contribution is -0.127. The van der Waals surface area contributed by atoms with Crippen LogP contribution in [0, 0.1) is 0 Å². The Morgan fingerprint density at radius 1 is 1.42 bits per heavy atom. The molecule has 10 heteroatoms. The molecule has 0 bridgehead atoms. The van der Waals surface area contributed by atoms with Crippen molar-refractivity contribution >= 4 is 35.7 Å². The van der Waals surface area contributed by atoms with Gasteiger partial charge in [0.1, 0.15) is 0 Å². The first-order chi connectivity index (χ1) is 12.5. The highest BCUT2D eigenvalue weighted by molar-refractivity contribution is 6.33. The van der Waals surface area contributed by atoms with Crippen LogP contribution in [-0.2, 0) is 9.53 Å². The van der Waals surface area contributed by atoms with Gasteiger partial charge in [0.25, 0.3) is 5.91 Å². The Labute approximate surface area is 155 Å². The van der Waals surface area contributed by atoms with Gasteiger partial charge in [-0.2, -0.15) is 5.10 Å². The first-order valence-corrected chi connectivity index (χ1v) is 8.35. The Bertz CT molecular complexity index is 768. The fourth-order valence-corrected chi connectivity index (χ4v) is 2.98. The Morgan fingerprint density at radius 2 is 2.19 bits per heavy atom. The first kappa shape index (κ1) is 18.2. The van der Waals surface area contributed by atoms with Crippen molar-refractivity contribution < 1.29 is 14.3 Å². The van der Waals surface area contributed by atoms with Crippen molar-refractivity contribution in [1.29, 1.82) is 0 Å². The lowest BCUT2D eigenvalue weighted by Gasteiger charge is -2.35. The number of ether oxygens (including phenoxy) is 1. The van der Waals surface area contributed by atoms with Crippen molar-refractivity contribution in [2.24, 2.45) is 10.1 Å². The number of hydrogen-bond donors (Lipinski definition) is 2. The molecule has 1 aromatic rings. The highest BCUT2D eigenvalue weighted by Gasteiger charge is 2.48. The molecular formula is C16H19ClN6O3. The van der Waals surface area contributed by atoms with E-state index in [4.69, 9.17) is 16.3 Å². The normalized spacial score (nSPS) is 22.5. The molecule has 2 heterocycles. The molecule has 2 N–H and O–H groups in total. The number of benzene rings is 1. The predicted octanol–water partition coefficient (Wildman–Crippen LogP) is 0.458. The molecule has 0 spiro atoms. The highest BCUT2D eigenvalue weighted by atomic mass is 35.5. The van der Waals surface area contributed by atoms with Crippen molar-refractivity contribution in [3.05, 3.63) is 34.9 Å². The number of halogens is 1. The van der Waals surface area contributed by atoms with Crippen molar-refractivity contribution in [3.8, 4) is 0 Å². The summed E-state index contributed by atoms with van der Waals surface area (Å²) in [5.41, 5.74) is 3.58. The lowest BCUT2D eigenvalue weighted by Crippen LogP contribution is -2.64. The molecule has 2 atom stereocenters. The number of hydrogen-bond acceptors (Lipinski definition) is 7. The number of guanidine groups is 1. The number of aliphatic imine (C=N–C) groups is 1. The maximum Gasteiger partial charge on any atom is 0.325 e. The van der Waals surface area contributed by atoms with E-state index in [1.165, 1.54) is 4.90 Å². The van der Waals surface area contributed by atoms with Gasteiger partial charge in [-0.05, 0) is 6.07 Å². The molecule has 2 unspecified atom stereocenters. The second-order valence-electron chi connectivity index (χ2n) is 5.79. The molecule has 138 valence electrons. The summed E-state index contributed by atoms with van der Waals surface area (Å²) in [6.07, 6.45) is 0.946. The number of fused-ring (bicyclic) bond motifs is 1. The van der Waals surface area contributed by atoms with Gasteiger partial charge in [-0.3, -0.25) is 10.1 Å². The second kappa shape index (κ2) is 7.71. The van der Waals surface area contributed by atoms with Gasteiger partial charge in [-0.15, -0.1) is 0 Å². The van der Waals surface area contributed by atoms with Gasteiger partial charge in [0, 0.05) is 31.3 Å². The highest BCUT2D eigenvalue weighted by Crippen LogP contribution is 2.23. The molecular weight excluding hydrogens is 360 g/mol. The minimum absolute atomic E-state index is 0.386. The van der Waals surface area contributed by atoms with E-state index in [1.807, 2.05) is 18.2 Å². The summed E-state index contributed by atoms with van der Waals surface area (Å²) in [5, 5.41) is 7.06. The van der Waals surface area contributed by atoms with Crippen LogP contribution >= 0.6 is 11.6 Å². The van der Waals surface area contributed by atoms with Crippen molar-refractivity contribution in [2.75, 3.05) is 27.3 Å². The van der Waals surface area contributed by atoms with Gasteiger partial charge >= 0.3 is 6.03 Å². The molecule has 0 saturated carbocycles. The SMILES string of the molecule is COCCN1C(N/N=C/c2ccccc2Cl)=NC2C1C(=O)NC(=O)N2C. The molecule has 3 rings (SSSR count). The summed E-state index contributed by atoms with van der Waals surface area (Å²) in [6.45, 7) is 0.809. The maximum atomic E-state index is 12.3. The summed E-state index contributed by atoms with van der Waals surface area (Å²) >= 11 is 6.10. The summed E-state index contributed by atoms with van der Waals surface area (Å²) in [4.78, 5) is 31.7. The van der Waals surface area contributed by atoms with Crippen molar-refractivity contribution in [3.63, 3.8) is 0 Å². The lowest BCUT2D eigenvalue weighted by atomic mass is 10.1. The molecule has 1 saturated heterocycles. The van der Waals surface area contributed by atoms with Crippen LogP contribution in [0.25, 0.3) is 0 Å². The number of nitrogens with zero attached hydrogens (tertiary/aromatic N) is 4. The molecule has 0 aromatic heterocycles. The van der Waals surface area contributed by atoms with E-state index < -0.39 is 24.1 Å². The van der Waals surface area contributed by atoms with E-state index in [2.05, 4.69) is 20.8 Å². The molecule has 1 fully saturated rings. The number of imide groups is 1. The average Bonchev–Trinajstić information content (AvgIpc) is 2.99. The number of nitrogens with one attached hydrogen (secondary N) is 2. The standard InChI is InChI=1S/C16H19ClN6O3/c1-22-13-12(14(24)20-16(22)25)23(7-8-26-2)15(19-13)21-18-9-10-5-3-4-6-11(10)17/h3-6,9,12-13H,7-8H2,1-2H3,(H,19,21)(H,20,24,25)/b18-9+. The third-order valence-electron chi connectivity index (χ3n) is 4.17. The summed E-state index contributed by atoms with van der Waals surface area (Å²) in [5.74, 6) is -0.0121. The van der Waals surface area contributed by atoms with Crippen LogP contribution in [0.4, 0.5) is 4.79 Å². The fraction of sp³-hybridized carbons (Fsp3) is 0.375. The number of likely N-dealkylation sites (N-methyl/N-ethyl adjacent to an activating group) is 1. The number of amides is 3. The molecule has 26 heavy (non-hydrogen) atoms. The quantitative estimate of drug-likeness (QED) is 0.573. The largest absolute Gasteiger partial charge is 0.383 e. The predicted molar refractivity (Wildman–Crippen MR) is 97.1 cm³/mol. The van der Waals surface area contributed by atoms with Gasteiger partial charge in [0.05, 0.1) is 12.8 Å². The second-order valence-corrected chi connectivity index (χ2v) is 6.20. The Hall–Kier alpha value is -2.65. The van der Waals surface area contributed by atoms with Crippen LogP contribution in [0.3, 0.4) is 0 Å². The van der Waals surface area contributed by atoms with Crippen molar-refractivity contribution in [1.82, 2.24) is 20.5 Å². The topological polar surface area (TPSA) is 98.6 Å². The van der Waals surface area contributed by atoms with Crippen LogP contribution in [-0.4, -0.2) is 73.4 Å². The summed E-state index contributed by atoms with van der Waals surface area (Å²) < 4.78 is 5.11. The Morgan fingerprint density at radius 3 is 2.92 bits per heavy atom. The number of carbonyl (C=O) groups excluding carboxylic acids is 2. The third kappa shape index (κ3) is 3.49. The molecule has 3 amide bonds. The number of urea groups is 1.